The maximum Gasteiger partial charge on any atom is 0.249 e. The molecule has 22 heavy (non-hydrogen) atoms. The first kappa shape index (κ1) is 21.9. The summed E-state index contributed by atoms with van der Waals surface area (Å²) in [4.78, 5) is 14.4. The second-order valence-corrected chi connectivity index (χ2v) is 5.82. The van der Waals surface area contributed by atoms with Crippen molar-refractivity contribution in [2.45, 2.75) is 32.0 Å². The standard InChI is InChI=1S/C14H27N3O3.2ClH/c1-11(10-17-4-6-19-7-5-17)9-16-14(18)13-3-2-12(8-15)20-13;;/h11-13H,2-10,15H2,1H3,(H,16,18);2*1H/t11?,12-,13+;;/m1../s1. The van der Waals surface area contributed by atoms with Gasteiger partial charge in [-0.15, -0.1) is 24.8 Å². The van der Waals surface area contributed by atoms with Gasteiger partial charge in [0.05, 0.1) is 19.3 Å². The highest BCUT2D eigenvalue weighted by Gasteiger charge is 2.29. The summed E-state index contributed by atoms with van der Waals surface area (Å²) in [5.41, 5.74) is 5.55. The Kier molecular flexibility index (Phi) is 11.4. The highest BCUT2D eigenvalue weighted by molar-refractivity contribution is 5.85. The number of nitrogens with zero attached hydrogens (tertiary/aromatic N) is 1. The number of nitrogens with two attached hydrogens (primary N) is 1. The van der Waals surface area contributed by atoms with Crippen LogP contribution in [-0.4, -0.2) is 69.0 Å². The van der Waals surface area contributed by atoms with E-state index in [4.69, 9.17) is 15.2 Å². The van der Waals surface area contributed by atoms with E-state index in [1.165, 1.54) is 0 Å². The minimum atomic E-state index is -0.306. The average molecular weight is 358 g/mol. The molecule has 0 radical (unpaired) electrons. The molecule has 8 heteroatoms. The Morgan fingerprint density at radius 3 is 2.59 bits per heavy atom. The molecule has 3 N–H and O–H groups in total. The number of halogens is 2. The van der Waals surface area contributed by atoms with Crippen molar-refractivity contribution < 1.29 is 14.3 Å². The lowest BCUT2D eigenvalue weighted by atomic mass is 10.1. The zero-order chi connectivity index (χ0) is 14.4. The number of rotatable bonds is 6. The van der Waals surface area contributed by atoms with Gasteiger partial charge >= 0.3 is 0 Å². The summed E-state index contributed by atoms with van der Waals surface area (Å²) in [5, 5.41) is 3.00. The van der Waals surface area contributed by atoms with E-state index >= 15 is 0 Å². The Morgan fingerprint density at radius 1 is 1.32 bits per heavy atom. The second-order valence-electron chi connectivity index (χ2n) is 5.82. The lowest BCUT2D eigenvalue weighted by Crippen LogP contribution is -2.43. The number of ether oxygens (including phenoxy) is 2. The van der Waals surface area contributed by atoms with E-state index in [9.17, 15) is 4.79 Å². The van der Waals surface area contributed by atoms with Gasteiger partial charge in [-0.1, -0.05) is 6.92 Å². The molecule has 2 heterocycles. The monoisotopic (exact) mass is 357 g/mol. The zero-order valence-electron chi connectivity index (χ0n) is 13.2. The van der Waals surface area contributed by atoms with Crippen LogP contribution in [0.15, 0.2) is 0 Å². The molecule has 132 valence electrons. The molecule has 1 unspecified atom stereocenters. The van der Waals surface area contributed by atoms with Crippen molar-refractivity contribution in [1.29, 1.82) is 0 Å². The van der Waals surface area contributed by atoms with Gasteiger partial charge in [-0.3, -0.25) is 9.69 Å². The van der Waals surface area contributed by atoms with Gasteiger partial charge in [0, 0.05) is 32.7 Å². The zero-order valence-corrected chi connectivity index (χ0v) is 14.8. The first-order valence-electron chi connectivity index (χ1n) is 7.62. The van der Waals surface area contributed by atoms with Crippen LogP contribution in [0.25, 0.3) is 0 Å². The lowest BCUT2D eigenvalue weighted by Gasteiger charge is -2.29. The predicted molar refractivity (Wildman–Crippen MR) is 90.9 cm³/mol. The topological polar surface area (TPSA) is 76.8 Å². The van der Waals surface area contributed by atoms with Crippen LogP contribution in [0, 0.1) is 5.92 Å². The van der Waals surface area contributed by atoms with Crippen LogP contribution in [0.5, 0.6) is 0 Å². The molecule has 1 amide bonds. The molecule has 3 atom stereocenters. The maximum atomic E-state index is 12.0. The molecule has 6 nitrogen and oxygen atoms in total. The highest BCUT2D eigenvalue weighted by Crippen LogP contribution is 2.18. The van der Waals surface area contributed by atoms with Crippen molar-refractivity contribution in [3.8, 4) is 0 Å². The molecule has 2 aliphatic heterocycles. The summed E-state index contributed by atoms with van der Waals surface area (Å²) < 4.78 is 10.9. The number of carbonyl (C=O) groups excluding carboxylic acids is 1. The van der Waals surface area contributed by atoms with Gasteiger partial charge in [0.15, 0.2) is 0 Å². The molecule has 0 aromatic heterocycles. The Balaban J connectivity index is 0.00000220. The predicted octanol–water partition coefficient (Wildman–Crippen LogP) is 0.421. The third-order valence-corrected chi connectivity index (χ3v) is 3.96. The molecule has 0 bridgehead atoms. The van der Waals surface area contributed by atoms with E-state index in [0.29, 0.717) is 19.0 Å². The molecule has 0 aromatic rings. The Labute approximate surface area is 145 Å². The van der Waals surface area contributed by atoms with Gasteiger partial charge in [0.2, 0.25) is 5.91 Å². The van der Waals surface area contributed by atoms with Gasteiger partial charge in [0.25, 0.3) is 0 Å². The van der Waals surface area contributed by atoms with E-state index in [1.807, 2.05) is 0 Å². The van der Waals surface area contributed by atoms with Crippen LogP contribution in [0.3, 0.4) is 0 Å². The van der Waals surface area contributed by atoms with Crippen LogP contribution in [0.2, 0.25) is 0 Å². The third kappa shape index (κ3) is 6.98. The summed E-state index contributed by atoms with van der Waals surface area (Å²) in [6.07, 6.45) is 1.42. The van der Waals surface area contributed by atoms with E-state index in [-0.39, 0.29) is 42.9 Å². The number of hydrogen-bond donors (Lipinski definition) is 2. The molecule has 0 aliphatic carbocycles. The fourth-order valence-electron chi connectivity index (χ4n) is 2.75. The first-order chi connectivity index (χ1) is 9.69. The summed E-state index contributed by atoms with van der Waals surface area (Å²) in [5.74, 6) is 0.443. The number of amides is 1. The number of carbonyl (C=O) groups is 1. The molecule has 2 rings (SSSR count). The minimum Gasteiger partial charge on any atom is -0.379 e. The van der Waals surface area contributed by atoms with Gasteiger partial charge < -0.3 is 20.5 Å². The second kappa shape index (κ2) is 11.4. The number of nitrogens with one attached hydrogen (secondary N) is 1. The molecular weight excluding hydrogens is 329 g/mol. The quantitative estimate of drug-likeness (QED) is 0.720. The molecular formula is C14H29Cl2N3O3. The van der Waals surface area contributed by atoms with Crippen molar-refractivity contribution in [1.82, 2.24) is 10.2 Å². The fourth-order valence-corrected chi connectivity index (χ4v) is 2.75. The number of morpholine rings is 1. The van der Waals surface area contributed by atoms with Crippen LogP contribution < -0.4 is 11.1 Å². The molecule has 2 saturated heterocycles. The Hall–Kier alpha value is -0.110. The number of hydrogen-bond acceptors (Lipinski definition) is 5. The van der Waals surface area contributed by atoms with Crippen molar-refractivity contribution >= 4 is 30.7 Å². The smallest absolute Gasteiger partial charge is 0.249 e. The molecule has 0 aromatic carbocycles. The van der Waals surface area contributed by atoms with Crippen LogP contribution >= 0.6 is 24.8 Å². The molecule has 0 saturated carbocycles. The van der Waals surface area contributed by atoms with Gasteiger partial charge in [0.1, 0.15) is 6.10 Å². The van der Waals surface area contributed by atoms with Crippen molar-refractivity contribution in [3.05, 3.63) is 0 Å². The SMILES string of the molecule is CC(CNC(=O)[C@@H]1CC[C@H](CN)O1)CN1CCOCC1.Cl.Cl. The van der Waals surface area contributed by atoms with Crippen LogP contribution in [-0.2, 0) is 14.3 Å². The van der Waals surface area contributed by atoms with Crippen LogP contribution in [0.1, 0.15) is 19.8 Å². The summed E-state index contributed by atoms with van der Waals surface area (Å²) in [7, 11) is 0. The largest absolute Gasteiger partial charge is 0.379 e. The maximum absolute atomic E-state index is 12.0. The lowest BCUT2D eigenvalue weighted by molar-refractivity contribution is -0.132. The average Bonchev–Trinajstić information content (AvgIpc) is 2.95. The Bertz CT molecular complexity index is 318. The molecule has 2 aliphatic rings. The van der Waals surface area contributed by atoms with E-state index in [2.05, 4.69) is 17.1 Å². The minimum absolute atomic E-state index is 0. The fraction of sp³-hybridized carbons (Fsp3) is 0.929. The summed E-state index contributed by atoms with van der Waals surface area (Å²) >= 11 is 0. The first-order valence-corrected chi connectivity index (χ1v) is 7.62. The van der Waals surface area contributed by atoms with Crippen LogP contribution in [0.4, 0.5) is 0 Å². The van der Waals surface area contributed by atoms with E-state index in [1.54, 1.807) is 0 Å². The highest BCUT2D eigenvalue weighted by atomic mass is 35.5. The van der Waals surface area contributed by atoms with Gasteiger partial charge in [-0.05, 0) is 18.8 Å². The summed E-state index contributed by atoms with van der Waals surface area (Å²) in [6, 6.07) is 0. The van der Waals surface area contributed by atoms with Crippen molar-refractivity contribution in [2.24, 2.45) is 11.7 Å². The van der Waals surface area contributed by atoms with Crippen molar-refractivity contribution in [3.63, 3.8) is 0 Å². The van der Waals surface area contributed by atoms with Crippen molar-refractivity contribution in [2.75, 3.05) is 45.9 Å². The van der Waals surface area contributed by atoms with Gasteiger partial charge in [-0.25, -0.2) is 0 Å². The molecule has 2 fully saturated rings. The van der Waals surface area contributed by atoms with E-state index < -0.39 is 0 Å². The Morgan fingerprint density at radius 2 is 2.00 bits per heavy atom. The van der Waals surface area contributed by atoms with E-state index in [0.717, 1.165) is 45.7 Å². The summed E-state index contributed by atoms with van der Waals surface area (Å²) in [6.45, 7) is 7.96. The normalized spacial score (nSPS) is 26.6. The molecule has 0 spiro atoms. The third-order valence-electron chi connectivity index (χ3n) is 3.96. The van der Waals surface area contributed by atoms with Gasteiger partial charge in [-0.2, -0.15) is 0 Å².